The largest absolute Gasteiger partial charge is 0.492 e. The molecule has 0 spiro atoms. The van der Waals surface area contributed by atoms with Crippen LogP contribution in [0, 0.1) is 35.5 Å². The van der Waals surface area contributed by atoms with Crippen LogP contribution in [0.25, 0.3) is 0 Å². The van der Waals surface area contributed by atoms with Gasteiger partial charge in [-0.1, -0.05) is 60.7 Å². The normalized spacial score (nSPS) is 20.6. The average Bonchev–Trinajstić information content (AvgIpc) is 4.02. The van der Waals surface area contributed by atoms with Crippen LogP contribution in [0.1, 0.15) is 47.1 Å². The van der Waals surface area contributed by atoms with Crippen LogP contribution < -0.4 is 20.7 Å². The predicted molar refractivity (Wildman–Crippen MR) is 216 cm³/mol. The van der Waals surface area contributed by atoms with Crippen LogP contribution in [0.2, 0.25) is 0 Å². The highest BCUT2D eigenvalue weighted by Crippen LogP contribution is 2.27. The van der Waals surface area contributed by atoms with Crippen LogP contribution in [-0.4, -0.2) is 102 Å². The molecule has 0 aliphatic carbocycles. The quantitative estimate of drug-likeness (QED) is 0.0977. The Bertz CT molecular complexity index is 1810. The third-order valence-electron chi connectivity index (χ3n) is 12.1. The molecule has 6 rings (SSSR count). The van der Waals surface area contributed by atoms with E-state index in [0.717, 1.165) is 55.6 Å². The summed E-state index contributed by atoms with van der Waals surface area (Å²) in [6, 6.07) is 21.9. The lowest BCUT2D eigenvalue weighted by Crippen LogP contribution is -2.41. The Morgan fingerprint density at radius 3 is 1.33 bits per heavy atom. The van der Waals surface area contributed by atoms with Crippen molar-refractivity contribution in [3.05, 3.63) is 101 Å². The molecule has 6 unspecified atom stereocenters. The number of rotatable bonds is 20. The van der Waals surface area contributed by atoms with Gasteiger partial charge in [0.15, 0.2) is 0 Å². The summed E-state index contributed by atoms with van der Waals surface area (Å²) in [5, 5.41) is 39.7. The molecule has 3 saturated heterocycles. The molecular weight excluding hydrogens is 741 g/mol. The molecule has 58 heavy (non-hydrogen) atoms. The van der Waals surface area contributed by atoms with E-state index < -0.39 is 47.5 Å². The zero-order valence-corrected chi connectivity index (χ0v) is 32.9. The van der Waals surface area contributed by atoms with Gasteiger partial charge in [-0.3, -0.25) is 28.9 Å². The summed E-state index contributed by atoms with van der Waals surface area (Å²) < 4.78 is 6.09. The molecule has 0 bridgehead atoms. The van der Waals surface area contributed by atoms with Crippen LogP contribution >= 0.6 is 0 Å². The molecule has 0 saturated carbocycles. The minimum atomic E-state index is -0.844. The van der Waals surface area contributed by atoms with E-state index >= 15 is 0 Å². The minimum Gasteiger partial charge on any atom is -0.492 e. The van der Waals surface area contributed by atoms with E-state index in [4.69, 9.17) is 4.74 Å². The number of benzene rings is 3. The average molecular weight is 797 g/mol. The van der Waals surface area contributed by atoms with Crippen molar-refractivity contribution in [3.8, 4) is 5.75 Å². The van der Waals surface area contributed by atoms with Crippen molar-refractivity contribution in [2.24, 2.45) is 35.5 Å². The van der Waals surface area contributed by atoms with Crippen molar-refractivity contribution in [1.82, 2.24) is 20.9 Å². The van der Waals surface area contributed by atoms with Gasteiger partial charge in [-0.2, -0.15) is 0 Å². The number of aliphatic carboxylic acids is 3. The summed E-state index contributed by atoms with van der Waals surface area (Å²) in [6.45, 7) is 4.31. The van der Waals surface area contributed by atoms with Gasteiger partial charge in [0.2, 0.25) is 11.8 Å². The zero-order chi connectivity index (χ0) is 41.0. The number of imide groups is 1. The first kappa shape index (κ1) is 42.5. The molecule has 6 atom stereocenters. The van der Waals surface area contributed by atoms with Gasteiger partial charge in [-0.15, -0.1) is 0 Å². The second-order valence-corrected chi connectivity index (χ2v) is 16.1. The van der Waals surface area contributed by atoms with E-state index in [1.54, 1.807) is 30.3 Å². The maximum Gasteiger partial charge on any atom is 0.307 e. The topological polar surface area (TPSA) is 195 Å². The van der Waals surface area contributed by atoms with Gasteiger partial charge in [0.1, 0.15) is 12.4 Å². The van der Waals surface area contributed by atoms with Crippen molar-refractivity contribution < 1.29 is 44.0 Å². The molecule has 0 aromatic heterocycles. The molecular formula is C45H56N4O9. The van der Waals surface area contributed by atoms with E-state index in [9.17, 15) is 39.3 Å². The van der Waals surface area contributed by atoms with Crippen LogP contribution in [0.3, 0.4) is 0 Å². The smallest absolute Gasteiger partial charge is 0.307 e. The lowest BCUT2D eigenvalue weighted by atomic mass is 9.86. The second-order valence-electron chi connectivity index (χ2n) is 16.1. The maximum absolute atomic E-state index is 14.1. The Morgan fingerprint density at radius 1 is 0.569 bits per heavy atom. The number of nitrogens with one attached hydrogen (secondary N) is 3. The summed E-state index contributed by atoms with van der Waals surface area (Å²) in [5.74, 6) is -4.43. The Balaban J connectivity index is 1.15. The minimum absolute atomic E-state index is 0.00134. The lowest BCUT2D eigenvalue weighted by molar-refractivity contribution is -0.145. The van der Waals surface area contributed by atoms with Crippen molar-refractivity contribution in [1.29, 1.82) is 0 Å². The second kappa shape index (κ2) is 20.5. The molecule has 0 radical (unpaired) electrons. The number of hydrogen-bond acceptors (Lipinski definition) is 9. The summed E-state index contributed by atoms with van der Waals surface area (Å²) >= 11 is 0. The Morgan fingerprint density at radius 2 is 0.948 bits per heavy atom. The fourth-order valence-corrected chi connectivity index (χ4v) is 8.87. The standard InChI is InChI=1S/C45H56N4O9/c50-41(24-31-6-1-4-29(18-31)21-38(43(52)53)34-10-13-46-26-34)49(16-17-58-37-9-3-8-33(20-37)23-40(45(56)57)36-12-15-48-28-36)42(51)25-32-7-2-5-30(19-32)22-39(44(54)55)35-11-14-47-27-35/h1-9,18-20,34-36,38-40,46-48H,10-17,21-28H2,(H,52,53)(H,54,55)(H,56,57). The van der Waals surface area contributed by atoms with Gasteiger partial charge in [-0.05, 0) is 135 Å². The summed E-state index contributed by atoms with van der Waals surface area (Å²) in [6.07, 6.45) is 3.25. The number of amides is 2. The molecule has 310 valence electrons. The highest BCUT2D eigenvalue weighted by Gasteiger charge is 2.33. The highest BCUT2D eigenvalue weighted by molar-refractivity contribution is 5.97. The van der Waals surface area contributed by atoms with Gasteiger partial charge >= 0.3 is 17.9 Å². The Kier molecular flexibility index (Phi) is 15.0. The molecule has 13 nitrogen and oxygen atoms in total. The number of carbonyl (C=O) groups is 5. The first-order valence-electron chi connectivity index (χ1n) is 20.5. The maximum atomic E-state index is 14.1. The molecule has 13 heteroatoms. The Labute approximate surface area is 339 Å². The number of carboxylic acids is 3. The van der Waals surface area contributed by atoms with E-state index in [-0.39, 0.29) is 43.7 Å². The van der Waals surface area contributed by atoms with Crippen LogP contribution in [0.15, 0.2) is 72.8 Å². The highest BCUT2D eigenvalue weighted by atomic mass is 16.5. The molecule has 3 heterocycles. The summed E-state index contributed by atoms with van der Waals surface area (Å²) in [7, 11) is 0. The van der Waals surface area contributed by atoms with Crippen molar-refractivity contribution >= 4 is 29.7 Å². The zero-order valence-electron chi connectivity index (χ0n) is 32.9. The van der Waals surface area contributed by atoms with Crippen molar-refractivity contribution in [2.75, 3.05) is 52.4 Å². The third-order valence-corrected chi connectivity index (χ3v) is 12.1. The molecule has 3 aliphatic rings. The van der Waals surface area contributed by atoms with Gasteiger partial charge in [0.25, 0.3) is 0 Å². The molecule has 2 amide bonds. The molecule has 3 fully saturated rings. The molecule has 3 aromatic rings. The summed E-state index contributed by atoms with van der Waals surface area (Å²) in [4.78, 5) is 65.8. The van der Waals surface area contributed by atoms with Gasteiger partial charge < -0.3 is 36.0 Å². The monoisotopic (exact) mass is 796 g/mol. The van der Waals surface area contributed by atoms with Crippen LogP contribution in [-0.2, 0) is 56.1 Å². The lowest BCUT2D eigenvalue weighted by Gasteiger charge is -2.23. The fraction of sp³-hybridized carbons (Fsp3) is 0.489. The number of carboxylic acid groups (broad SMARTS) is 3. The van der Waals surface area contributed by atoms with Gasteiger partial charge in [-0.25, -0.2) is 0 Å². The van der Waals surface area contributed by atoms with Crippen LogP contribution in [0.5, 0.6) is 5.75 Å². The third kappa shape index (κ3) is 11.7. The summed E-state index contributed by atoms with van der Waals surface area (Å²) in [5.41, 5.74) is 3.77. The van der Waals surface area contributed by atoms with Crippen LogP contribution in [0.4, 0.5) is 0 Å². The van der Waals surface area contributed by atoms with E-state index in [1.807, 2.05) is 42.5 Å². The number of nitrogens with zero attached hydrogens (tertiary/aromatic N) is 1. The van der Waals surface area contributed by atoms with E-state index in [2.05, 4.69) is 16.0 Å². The number of ether oxygens (including phenoxy) is 1. The molecule has 6 N–H and O–H groups in total. The SMILES string of the molecule is O=C(O)C(Cc1cccc(CC(=O)N(CCOc2cccc(CC(C(=O)O)C3CCNC3)c2)C(=O)Cc2cccc(CC(C(=O)O)C3CCNC3)c2)c1)C1CCNC1. The number of carbonyl (C=O) groups excluding carboxylic acids is 2. The molecule has 3 aliphatic heterocycles. The fourth-order valence-electron chi connectivity index (χ4n) is 8.87. The first-order chi connectivity index (χ1) is 28.0. The Hall–Kier alpha value is -5.11. The number of hydrogen-bond donors (Lipinski definition) is 6. The van der Waals surface area contributed by atoms with E-state index in [0.29, 0.717) is 55.8 Å². The van der Waals surface area contributed by atoms with Gasteiger partial charge in [0, 0.05) is 0 Å². The predicted octanol–water partition coefficient (Wildman–Crippen LogP) is 3.46. The van der Waals surface area contributed by atoms with Crippen molar-refractivity contribution in [3.63, 3.8) is 0 Å². The van der Waals surface area contributed by atoms with Gasteiger partial charge in [0.05, 0.1) is 37.1 Å². The first-order valence-corrected chi connectivity index (χ1v) is 20.5. The molecule has 3 aromatic carbocycles. The van der Waals surface area contributed by atoms with Crippen molar-refractivity contribution in [2.45, 2.75) is 51.4 Å². The van der Waals surface area contributed by atoms with E-state index in [1.165, 1.54) is 4.90 Å².